The maximum Gasteiger partial charge on any atom is 0.364 e. The van der Waals surface area contributed by atoms with E-state index in [0.717, 1.165) is 24.0 Å². The minimum absolute atomic E-state index is 0.0237. The fourth-order valence-electron chi connectivity index (χ4n) is 3.99. The molecule has 1 heterocycles. The Labute approximate surface area is 221 Å². The van der Waals surface area contributed by atoms with Crippen LogP contribution in [0.1, 0.15) is 41.8 Å². The van der Waals surface area contributed by atoms with E-state index in [4.69, 9.17) is 4.42 Å². The van der Waals surface area contributed by atoms with Crippen LogP contribution in [0.4, 0.5) is 11.4 Å². The molecule has 0 aliphatic carbocycles. The number of benzene rings is 3. The summed E-state index contributed by atoms with van der Waals surface area (Å²) in [6.07, 6.45) is 2.13. The van der Waals surface area contributed by atoms with E-state index in [1.807, 2.05) is 36.4 Å². The van der Waals surface area contributed by atoms with Crippen LogP contribution < -0.4 is 15.7 Å². The van der Waals surface area contributed by atoms with Crippen molar-refractivity contribution < 1.29 is 22.7 Å². The van der Waals surface area contributed by atoms with Crippen molar-refractivity contribution in [2.24, 2.45) is 5.92 Å². The summed E-state index contributed by atoms with van der Waals surface area (Å²) in [6.45, 7) is 4.25. The molecule has 3 N–H and O–H groups in total. The number of aryl methyl sites for hydroxylation is 2. The Hall–Kier alpha value is -4.11. The maximum atomic E-state index is 12.8. The highest BCUT2D eigenvalue weighted by Crippen LogP contribution is 2.32. The normalized spacial score (nSPS) is 11.6. The van der Waals surface area contributed by atoms with E-state index in [2.05, 4.69) is 23.9 Å². The lowest BCUT2D eigenvalue weighted by atomic mass is 10.0. The Balaban J connectivity index is 1.51. The Morgan fingerprint density at radius 1 is 0.947 bits per heavy atom. The molecule has 198 valence electrons. The molecule has 8 nitrogen and oxygen atoms in total. The summed E-state index contributed by atoms with van der Waals surface area (Å²) in [5, 5.41) is 13.4. The van der Waals surface area contributed by atoms with Gasteiger partial charge in [0.05, 0.1) is 16.8 Å². The van der Waals surface area contributed by atoms with E-state index in [1.54, 1.807) is 18.2 Å². The highest BCUT2D eigenvalue weighted by atomic mass is 32.2. The maximum absolute atomic E-state index is 12.8. The van der Waals surface area contributed by atoms with Crippen molar-refractivity contribution in [3.63, 3.8) is 0 Å². The van der Waals surface area contributed by atoms with Crippen LogP contribution in [-0.4, -0.2) is 25.2 Å². The van der Waals surface area contributed by atoms with Crippen LogP contribution in [0.15, 0.2) is 82.0 Å². The number of fused-ring (bicyclic) bond motifs is 1. The molecule has 0 saturated carbocycles. The van der Waals surface area contributed by atoms with Crippen molar-refractivity contribution in [3.8, 4) is 5.75 Å². The first-order valence-electron chi connectivity index (χ1n) is 12.4. The van der Waals surface area contributed by atoms with Crippen molar-refractivity contribution in [1.82, 2.24) is 0 Å². The van der Waals surface area contributed by atoms with E-state index in [-0.39, 0.29) is 28.1 Å². The number of aromatic hydroxyl groups is 1. The van der Waals surface area contributed by atoms with Crippen molar-refractivity contribution in [3.05, 3.63) is 99.9 Å². The molecule has 4 aromatic rings. The first kappa shape index (κ1) is 26.9. The number of hydrogen-bond acceptors (Lipinski definition) is 6. The molecule has 4 rings (SSSR count). The standard InChI is InChI=1S/C29H30N2O6S/c1-19(2)11-12-21-9-6-10-22(17-21)28(33)30-26-27(32)24-14-13-23(18-25(24)37-29(26)34)31-38(35,36)16-15-20-7-4-3-5-8-20/h3-10,13-14,17-19,31-32H,11-12,15-16H2,1-2H3,(H,30,33). The minimum Gasteiger partial charge on any atom is -0.505 e. The molecule has 9 heteroatoms. The highest BCUT2D eigenvalue weighted by Gasteiger charge is 2.19. The summed E-state index contributed by atoms with van der Waals surface area (Å²) < 4.78 is 32.9. The van der Waals surface area contributed by atoms with Gasteiger partial charge in [-0.05, 0) is 60.6 Å². The van der Waals surface area contributed by atoms with E-state index in [1.165, 1.54) is 18.2 Å². The molecule has 0 aliphatic heterocycles. The number of amides is 1. The summed E-state index contributed by atoms with van der Waals surface area (Å²) in [7, 11) is -3.68. The molecular formula is C29H30N2O6S. The summed E-state index contributed by atoms with van der Waals surface area (Å²) in [4.78, 5) is 25.5. The molecule has 0 aliphatic rings. The van der Waals surface area contributed by atoms with Crippen molar-refractivity contribution in [1.29, 1.82) is 0 Å². The largest absolute Gasteiger partial charge is 0.505 e. The number of sulfonamides is 1. The summed E-state index contributed by atoms with van der Waals surface area (Å²) in [5.74, 6) is -0.620. The van der Waals surface area contributed by atoms with Crippen LogP contribution >= 0.6 is 0 Å². The predicted octanol–water partition coefficient (Wildman–Crippen LogP) is 5.32. The van der Waals surface area contributed by atoms with Crippen LogP contribution in [0.25, 0.3) is 11.0 Å². The molecule has 0 spiro atoms. The lowest BCUT2D eigenvalue weighted by Crippen LogP contribution is -2.19. The van der Waals surface area contributed by atoms with Crippen molar-refractivity contribution in [2.45, 2.75) is 33.1 Å². The third-order valence-corrected chi connectivity index (χ3v) is 7.38. The monoisotopic (exact) mass is 534 g/mol. The third-order valence-electron chi connectivity index (χ3n) is 6.09. The fraction of sp³-hybridized carbons (Fsp3) is 0.241. The Morgan fingerprint density at radius 2 is 1.68 bits per heavy atom. The molecular weight excluding hydrogens is 504 g/mol. The minimum atomic E-state index is -3.68. The average molecular weight is 535 g/mol. The second-order valence-electron chi connectivity index (χ2n) is 9.57. The van der Waals surface area contributed by atoms with Crippen LogP contribution in [0.2, 0.25) is 0 Å². The molecule has 3 aromatic carbocycles. The highest BCUT2D eigenvalue weighted by molar-refractivity contribution is 7.92. The lowest BCUT2D eigenvalue weighted by molar-refractivity contribution is 0.102. The molecule has 0 fully saturated rings. The van der Waals surface area contributed by atoms with Gasteiger partial charge in [0.2, 0.25) is 10.0 Å². The van der Waals surface area contributed by atoms with Gasteiger partial charge >= 0.3 is 5.63 Å². The first-order valence-corrected chi connectivity index (χ1v) is 14.0. The Kier molecular flexibility index (Phi) is 8.16. The molecule has 1 aromatic heterocycles. The van der Waals surface area contributed by atoms with Crippen molar-refractivity contribution >= 4 is 38.3 Å². The van der Waals surface area contributed by atoms with E-state index in [0.29, 0.717) is 17.9 Å². The van der Waals surface area contributed by atoms with E-state index in [9.17, 15) is 23.1 Å². The van der Waals surface area contributed by atoms with Crippen LogP contribution in [0, 0.1) is 5.92 Å². The molecule has 0 atom stereocenters. The molecule has 0 bridgehead atoms. The van der Waals surface area contributed by atoms with Gasteiger partial charge in [0.25, 0.3) is 5.91 Å². The first-order chi connectivity index (χ1) is 18.1. The topological polar surface area (TPSA) is 126 Å². The van der Waals surface area contributed by atoms with E-state index >= 15 is 0 Å². The third kappa shape index (κ3) is 6.80. The van der Waals surface area contributed by atoms with Gasteiger partial charge < -0.3 is 14.8 Å². The molecule has 38 heavy (non-hydrogen) atoms. The van der Waals surface area contributed by atoms with Gasteiger partial charge in [0, 0.05) is 11.6 Å². The van der Waals surface area contributed by atoms with Crippen LogP contribution in [0.3, 0.4) is 0 Å². The summed E-state index contributed by atoms with van der Waals surface area (Å²) in [6, 6.07) is 20.5. The zero-order chi connectivity index (χ0) is 27.3. The van der Waals surface area contributed by atoms with Gasteiger partial charge in [-0.2, -0.15) is 0 Å². The van der Waals surface area contributed by atoms with Gasteiger partial charge in [0.1, 0.15) is 5.58 Å². The number of nitrogens with one attached hydrogen (secondary N) is 2. The van der Waals surface area contributed by atoms with Gasteiger partial charge in [-0.1, -0.05) is 56.3 Å². The molecule has 0 radical (unpaired) electrons. The SMILES string of the molecule is CC(C)CCc1cccc(C(=O)Nc2c(O)c3ccc(NS(=O)(=O)CCc4ccccc4)cc3oc2=O)c1. The zero-order valence-electron chi connectivity index (χ0n) is 21.2. The van der Waals surface area contributed by atoms with Crippen LogP contribution in [0.5, 0.6) is 5.75 Å². The molecule has 0 unspecified atom stereocenters. The van der Waals surface area contributed by atoms with E-state index < -0.39 is 27.3 Å². The summed E-state index contributed by atoms with van der Waals surface area (Å²) >= 11 is 0. The number of carbonyl (C=O) groups is 1. The fourth-order valence-corrected chi connectivity index (χ4v) is 5.09. The number of anilines is 2. The second-order valence-corrected chi connectivity index (χ2v) is 11.4. The van der Waals surface area contributed by atoms with Crippen LogP contribution in [-0.2, 0) is 22.9 Å². The van der Waals surface area contributed by atoms with Crippen molar-refractivity contribution in [2.75, 3.05) is 15.8 Å². The Morgan fingerprint density at radius 3 is 2.42 bits per heavy atom. The second kappa shape index (κ2) is 11.5. The number of hydrogen-bond donors (Lipinski definition) is 3. The quantitative estimate of drug-likeness (QED) is 0.236. The number of carbonyl (C=O) groups excluding carboxylic acids is 1. The smallest absolute Gasteiger partial charge is 0.364 e. The summed E-state index contributed by atoms with van der Waals surface area (Å²) in [5.41, 5.74) is 1.07. The molecule has 0 saturated heterocycles. The molecule has 1 amide bonds. The van der Waals surface area contributed by atoms with Gasteiger partial charge in [-0.15, -0.1) is 0 Å². The van der Waals surface area contributed by atoms with Gasteiger partial charge in [0.15, 0.2) is 11.4 Å². The van der Waals surface area contributed by atoms with Gasteiger partial charge in [-0.25, -0.2) is 13.2 Å². The zero-order valence-corrected chi connectivity index (χ0v) is 22.0. The average Bonchev–Trinajstić information content (AvgIpc) is 2.89. The Bertz CT molecular complexity index is 1610. The van der Waals surface area contributed by atoms with Gasteiger partial charge in [-0.3, -0.25) is 9.52 Å². The predicted molar refractivity (Wildman–Crippen MR) is 149 cm³/mol. The number of rotatable bonds is 10. The lowest BCUT2D eigenvalue weighted by Gasteiger charge is -2.11.